The number of amides is 2. The van der Waals surface area contributed by atoms with Gasteiger partial charge >= 0.3 is 0 Å². The predicted octanol–water partition coefficient (Wildman–Crippen LogP) is 4.77. The van der Waals surface area contributed by atoms with Crippen molar-refractivity contribution in [2.75, 3.05) is 17.7 Å². The monoisotopic (exact) mass is 421 g/mol. The van der Waals surface area contributed by atoms with Gasteiger partial charge in [-0.1, -0.05) is 12.1 Å². The smallest absolute Gasteiger partial charge is 0.257 e. The summed E-state index contributed by atoms with van der Waals surface area (Å²) in [7, 11) is 1.58. The number of fused-ring (bicyclic) bond motifs is 1. The van der Waals surface area contributed by atoms with Crippen molar-refractivity contribution >= 4 is 34.0 Å². The van der Waals surface area contributed by atoms with Crippen molar-refractivity contribution in [3.8, 4) is 5.75 Å². The SMILES string of the molecule is COc1ccc(C(=O)Nc2nc3c(s2)CCCC3C(=O)Nc2cccc(C)c2)cc1. The van der Waals surface area contributed by atoms with Crippen LogP contribution in [-0.4, -0.2) is 23.9 Å². The number of benzene rings is 2. The number of methoxy groups -OCH3 is 1. The molecule has 1 unspecified atom stereocenters. The van der Waals surface area contributed by atoms with Crippen LogP contribution in [0, 0.1) is 6.92 Å². The molecule has 1 aliphatic carbocycles. The van der Waals surface area contributed by atoms with E-state index in [-0.39, 0.29) is 17.7 Å². The Bertz CT molecular complexity index is 1080. The van der Waals surface area contributed by atoms with Crippen LogP contribution in [0.5, 0.6) is 5.75 Å². The molecule has 30 heavy (non-hydrogen) atoms. The first kappa shape index (κ1) is 20.1. The van der Waals surface area contributed by atoms with E-state index in [1.807, 2.05) is 31.2 Å². The summed E-state index contributed by atoms with van der Waals surface area (Å²) >= 11 is 1.45. The molecule has 2 N–H and O–H groups in total. The van der Waals surface area contributed by atoms with E-state index in [0.717, 1.165) is 41.1 Å². The second-order valence-corrected chi connectivity index (χ2v) is 8.40. The van der Waals surface area contributed by atoms with Crippen LogP contribution < -0.4 is 15.4 Å². The van der Waals surface area contributed by atoms with Crippen molar-refractivity contribution in [1.29, 1.82) is 0 Å². The van der Waals surface area contributed by atoms with Crippen LogP contribution in [-0.2, 0) is 11.2 Å². The van der Waals surface area contributed by atoms with Gasteiger partial charge in [-0.2, -0.15) is 0 Å². The fourth-order valence-corrected chi connectivity index (χ4v) is 4.65. The second kappa shape index (κ2) is 8.67. The predicted molar refractivity (Wildman–Crippen MR) is 119 cm³/mol. The summed E-state index contributed by atoms with van der Waals surface area (Å²) in [5.74, 6) is 0.0975. The van der Waals surface area contributed by atoms with E-state index < -0.39 is 0 Å². The Labute approximate surface area is 179 Å². The zero-order valence-electron chi connectivity index (χ0n) is 16.9. The second-order valence-electron chi connectivity index (χ2n) is 7.31. The molecule has 4 rings (SSSR count). The molecule has 0 aliphatic heterocycles. The topological polar surface area (TPSA) is 80.3 Å². The van der Waals surface area contributed by atoms with Gasteiger partial charge in [0.2, 0.25) is 5.91 Å². The van der Waals surface area contributed by atoms with Gasteiger partial charge in [0, 0.05) is 16.1 Å². The quantitative estimate of drug-likeness (QED) is 0.622. The lowest BCUT2D eigenvalue weighted by molar-refractivity contribution is -0.117. The van der Waals surface area contributed by atoms with Gasteiger partial charge in [0.05, 0.1) is 18.7 Å². The maximum absolute atomic E-state index is 12.9. The van der Waals surface area contributed by atoms with Crippen LogP contribution >= 0.6 is 11.3 Å². The Morgan fingerprint density at radius 2 is 1.93 bits per heavy atom. The van der Waals surface area contributed by atoms with Crippen LogP contribution in [0.2, 0.25) is 0 Å². The van der Waals surface area contributed by atoms with E-state index in [1.54, 1.807) is 31.4 Å². The zero-order valence-corrected chi connectivity index (χ0v) is 17.7. The Morgan fingerprint density at radius 3 is 2.67 bits per heavy atom. The third-order valence-electron chi connectivity index (χ3n) is 5.13. The number of thiazole rings is 1. The van der Waals surface area contributed by atoms with Crippen LogP contribution in [0.4, 0.5) is 10.8 Å². The molecular formula is C23H23N3O3S. The molecule has 0 saturated heterocycles. The normalized spacial score (nSPS) is 15.2. The number of aromatic nitrogens is 1. The molecular weight excluding hydrogens is 398 g/mol. The number of nitrogens with zero attached hydrogens (tertiary/aromatic N) is 1. The summed E-state index contributed by atoms with van der Waals surface area (Å²) in [5.41, 5.74) is 3.18. The van der Waals surface area contributed by atoms with Gasteiger partial charge in [0.15, 0.2) is 5.13 Å². The first-order chi connectivity index (χ1) is 14.5. The molecule has 1 aromatic heterocycles. The lowest BCUT2D eigenvalue weighted by Gasteiger charge is -2.20. The molecule has 0 fully saturated rings. The number of anilines is 2. The highest BCUT2D eigenvalue weighted by molar-refractivity contribution is 7.16. The van der Waals surface area contributed by atoms with Gasteiger partial charge in [-0.05, 0) is 68.1 Å². The number of carbonyl (C=O) groups is 2. The standard InChI is InChI=1S/C23H23N3O3S/c1-14-5-3-6-16(13-14)24-22(28)18-7-4-8-19-20(18)25-23(30-19)26-21(27)15-9-11-17(29-2)12-10-15/h3,5-6,9-13,18H,4,7-8H2,1-2H3,(H,24,28)(H,25,26,27). The van der Waals surface area contributed by atoms with Crippen LogP contribution in [0.1, 0.15) is 45.3 Å². The van der Waals surface area contributed by atoms with E-state index in [0.29, 0.717) is 16.4 Å². The van der Waals surface area contributed by atoms with Gasteiger partial charge in [0.25, 0.3) is 5.91 Å². The van der Waals surface area contributed by atoms with Crippen LogP contribution in [0.25, 0.3) is 0 Å². The molecule has 1 heterocycles. The molecule has 3 aromatic rings. The number of carbonyl (C=O) groups excluding carboxylic acids is 2. The van der Waals surface area contributed by atoms with Crippen molar-refractivity contribution in [2.24, 2.45) is 0 Å². The summed E-state index contributed by atoms with van der Waals surface area (Å²) in [5, 5.41) is 6.40. The van der Waals surface area contributed by atoms with E-state index in [4.69, 9.17) is 4.74 Å². The molecule has 0 saturated carbocycles. The Hall–Kier alpha value is -3.19. The van der Waals surface area contributed by atoms with Gasteiger partial charge < -0.3 is 10.1 Å². The third kappa shape index (κ3) is 4.36. The fraction of sp³-hybridized carbons (Fsp3) is 0.261. The highest BCUT2D eigenvalue weighted by Crippen LogP contribution is 2.37. The number of ether oxygens (including phenoxy) is 1. The van der Waals surface area contributed by atoms with E-state index in [1.165, 1.54) is 11.3 Å². The van der Waals surface area contributed by atoms with Crippen molar-refractivity contribution in [1.82, 2.24) is 4.98 Å². The highest BCUT2D eigenvalue weighted by Gasteiger charge is 2.30. The van der Waals surface area contributed by atoms with E-state index in [2.05, 4.69) is 15.6 Å². The molecule has 6 nitrogen and oxygen atoms in total. The largest absolute Gasteiger partial charge is 0.497 e. The molecule has 0 radical (unpaired) electrons. The average molecular weight is 422 g/mol. The first-order valence-corrected chi connectivity index (χ1v) is 10.7. The van der Waals surface area contributed by atoms with Gasteiger partial charge in [-0.3, -0.25) is 14.9 Å². The maximum atomic E-state index is 12.9. The summed E-state index contributed by atoms with van der Waals surface area (Å²) < 4.78 is 5.13. The fourth-order valence-electron chi connectivity index (χ4n) is 3.59. The minimum atomic E-state index is -0.308. The summed E-state index contributed by atoms with van der Waals surface area (Å²) in [6, 6.07) is 14.7. The lowest BCUT2D eigenvalue weighted by atomic mass is 9.90. The zero-order chi connectivity index (χ0) is 21.1. The van der Waals surface area contributed by atoms with Gasteiger partial charge in [-0.25, -0.2) is 4.98 Å². The van der Waals surface area contributed by atoms with Crippen LogP contribution in [0.15, 0.2) is 48.5 Å². The van der Waals surface area contributed by atoms with Crippen molar-refractivity contribution in [3.63, 3.8) is 0 Å². The average Bonchev–Trinajstić information content (AvgIpc) is 3.16. The van der Waals surface area contributed by atoms with Crippen LogP contribution in [0.3, 0.4) is 0 Å². The summed E-state index contributed by atoms with van der Waals surface area (Å²) in [6.45, 7) is 1.99. The molecule has 0 spiro atoms. The highest BCUT2D eigenvalue weighted by atomic mass is 32.1. The van der Waals surface area contributed by atoms with E-state index in [9.17, 15) is 9.59 Å². The Morgan fingerprint density at radius 1 is 1.13 bits per heavy atom. The molecule has 2 aromatic carbocycles. The summed E-state index contributed by atoms with van der Waals surface area (Å²) in [6.07, 6.45) is 2.55. The number of rotatable bonds is 5. The minimum Gasteiger partial charge on any atom is -0.497 e. The van der Waals surface area contributed by atoms with Crippen molar-refractivity contribution in [2.45, 2.75) is 32.1 Å². The molecule has 1 aliphatic rings. The Kier molecular flexibility index (Phi) is 5.81. The maximum Gasteiger partial charge on any atom is 0.257 e. The first-order valence-electron chi connectivity index (χ1n) is 9.86. The molecule has 1 atom stereocenters. The number of hydrogen-bond donors (Lipinski definition) is 2. The molecule has 0 bridgehead atoms. The molecule has 154 valence electrons. The number of hydrogen-bond acceptors (Lipinski definition) is 5. The number of nitrogens with one attached hydrogen (secondary N) is 2. The molecule has 2 amide bonds. The van der Waals surface area contributed by atoms with E-state index >= 15 is 0 Å². The van der Waals surface area contributed by atoms with Crippen molar-refractivity contribution in [3.05, 3.63) is 70.2 Å². The Balaban J connectivity index is 1.49. The molecule has 7 heteroatoms. The number of aryl methyl sites for hydroxylation is 2. The van der Waals surface area contributed by atoms with Gasteiger partial charge in [-0.15, -0.1) is 11.3 Å². The van der Waals surface area contributed by atoms with Crippen molar-refractivity contribution < 1.29 is 14.3 Å². The lowest BCUT2D eigenvalue weighted by Crippen LogP contribution is -2.24. The van der Waals surface area contributed by atoms with Gasteiger partial charge in [0.1, 0.15) is 5.75 Å². The third-order valence-corrected chi connectivity index (χ3v) is 6.18. The summed E-state index contributed by atoms with van der Waals surface area (Å²) in [4.78, 5) is 31.1. The minimum absolute atomic E-state index is 0.0557.